The molecule has 6 aromatic rings. The minimum Gasteiger partial charge on any atom is -0.310 e. The SMILES string of the molecule is C(C=Cc1ccc(N(c2ccc(C=CC=Cc3ccccc3)cc2)c2ccc3ccccc3c2)cc1)=Cc1ccccc1. The Bertz CT molecular complexity index is 1770. The van der Waals surface area contributed by atoms with Crippen molar-refractivity contribution in [2.75, 3.05) is 4.90 Å². The topological polar surface area (TPSA) is 3.24 Å². The Hall–Kier alpha value is -5.66. The minimum atomic E-state index is 1.11. The van der Waals surface area contributed by atoms with Crippen LogP contribution >= 0.6 is 0 Å². The molecule has 0 aliphatic carbocycles. The summed E-state index contributed by atoms with van der Waals surface area (Å²) in [6.07, 6.45) is 16.8. The average Bonchev–Trinajstić information content (AvgIpc) is 3.07. The van der Waals surface area contributed by atoms with Gasteiger partial charge in [0.1, 0.15) is 0 Å². The predicted molar refractivity (Wildman–Crippen MR) is 188 cm³/mol. The number of hydrogen-bond donors (Lipinski definition) is 0. The highest BCUT2D eigenvalue weighted by Crippen LogP contribution is 2.36. The molecular weight excluding hydrogens is 518 g/mol. The lowest BCUT2D eigenvalue weighted by molar-refractivity contribution is 1.29. The van der Waals surface area contributed by atoms with Crippen LogP contribution in [0.15, 0.2) is 176 Å². The van der Waals surface area contributed by atoms with Crippen molar-refractivity contribution in [2.45, 2.75) is 0 Å². The summed E-state index contributed by atoms with van der Waals surface area (Å²) in [6.45, 7) is 0. The largest absolute Gasteiger partial charge is 0.310 e. The van der Waals surface area contributed by atoms with Crippen LogP contribution in [0, 0.1) is 0 Å². The van der Waals surface area contributed by atoms with E-state index in [1.807, 2.05) is 12.1 Å². The Morgan fingerprint density at radius 1 is 0.302 bits per heavy atom. The second-order valence-electron chi connectivity index (χ2n) is 10.3. The molecule has 43 heavy (non-hydrogen) atoms. The lowest BCUT2D eigenvalue weighted by Crippen LogP contribution is -2.09. The average molecular weight is 552 g/mol. The van der Waals surface area contributed by atoms with Crippen LogP contribution in [0.25, 0.3) is 35.1 Å². The van der Waals surface area contributed by atoms with E-state index >= 15 is 0 Å². The molecule has 6 rings (SSSR count). The summed E-state index contributed by atoms with van der Waals surface area (Å²) in [7, 11) is 0. The van der Waals surface area contributed by atoms with E-state index in [0.29, 0.717) is 0 Å². The Kier molecular flexibility index (Phi) is 8.83. The summed E-state index contributed by atoms with van der Waals surface area (Å²) >= 11 is 0. The van der Waals surface area contributed by atoms with E-state index in [0.717, 1.165) is 28.2 Å². The second-order valence-corrected chi connectivity index (χ2v) is 10.3. The molecule has 0 aliphatic rings. The third-order valence-corrected chi connectivity index (χ3v) is 7.27. The molecule has 1 heteroatoms. The second kappa shape index (κ2) is 13.8. The number of benzene rings is 6. The van der Waals surface area contributed by atoms with E-state index in [9.17, 15) is 0 Å². The zero-order valence-corrected chi connectivity index (χ0v) is 24.0. The predicted octanol–water partition coefficient (Wildman–Crippen LogP) is 11.8. The van der Waals surface area contributed by atoms with Gasteiger partial charge in [0, 0.05) is 17.1 Å². The molecule has 0 N–H and O–H groups in total. The molecule has 0 atom stereocenters. The molecule has 0 amide bonds. The van der Waals surface area contributed by atoms with Crippen molar-refractivity contribution < 1.29 is 0 Å². The molecular formula is C42H33N. The Labute approximate surface area is 254 Å². The van der Waals surface area contributed by atoms with Crippen molar-refractivity contribution in [3.05, 3.63) is 198 Å². The van der Waals surface area contributed by atoms with Gasteiger partial charge in [0.25, 0.3) is 0 Å². The van der Waals surface area contributed by atoms with Crippen LogP contribution in [-0.4, -0.2) is 0 Å². The van der Waals surface area contributed by atoms with Gasteiger partial charge >= 0.3 is 0 Å². The van der Waals surface area contributed by atoms with Gasteiger partial charge in [-0.1, -0.05) is 164 Å². The van der Waals surface area contributed by atoms with Crippen LogP contribution in [-0.2, 0) is 0 Å². The first kappa shape index (κ1) is 27.5. The van der Waals surface area contributed by atoms with E-state index in [4.69, 9.17) is 0 Å². The van der Waals surface area contributed by atoms with E-state index in [1.54, 1.807) is 0 Å². The Morgan fingerprint density at radius 2 is 0.674 bits per heavy atom. The molecule has 1 nitrogen and oxygen atoms in total. The highest BCUT2D eigenvalue weighted by atomic mass is 15.1. The fraction of sp³-hybridized carbons (Fsp3) is 0. The quantitative estimate of drug-likeness (QED) is 0.162. The monoisotopic (exact) mass is 551 g/mol. The number of rotatable bonds is 9. The summed E-state index contributed by atoms with van der Waals surface area (Å²) in [4.78, 5) is 2.32. The molecule has 0 heterocycles. The fourth-order valence-electron chi connectivity index (χ4n) is 5.03. The van der Waals surface area contributed by atoms with Gasteiger partial charge in [-0.25, -0.2) is 0 Å². The first-order valence-corrected chi connectivity index (χ1v) is 14.6. The zero-order valence-electron chi connectivity index (χ0n) is 24.0. The number of fused-ring (bicyclic) bond motifs is 1. The lowest BCUT2D eigenvalue weighted by atomic mass is 10.1. The maximum Gasteiger partial charge on any atom is 0.0468 e. The van der Waals surface area contributed by atoms with E-state index < -0.39 is 0 Å². The highest BCUT2D eigenvalue weighted by molar-refractivity contribution is 5.89. The van der Waals surface area contributed by atoms with Crippen molar-refractivity contribution in [2.24, 2.45) is 0 Å². The van der Waals surface area contributed by atoms with Gasteiger partial charge < -0.3 is 4.90 Å². The minimum absolute atomic E-state index is 1.11. The molecule has 0 radical (unpaired) electrons. The molecule has 6 aromatic carbocycles. The molecule has 0 saturated heterocycles. The van der Waals surface area contributed by atoms with Crippen molar-refractivity contribution in [1.82, 2.24) is 0 Å². The molecule has 0 fully saturated rings. The normalized spacial score (nSPS) is 11.8. The number of anilines is 3. The van der Waals surface area contributed by atoms with E-state index in [-0.39, 0.29) is 0 Å². The van der Waals surface area contributed by atoms with Gasteiger partial charge in [-0.3, -0.25) is 0 Å². The van der Waals surface area contributed by atoms with Crippen molar-refractivity contribution in [1.29, 1.82) is 0 Å². The van der Waals surface area contributed by atoms with E-state index in [2.05, 4.69) is 193 Å². The van der Waals surface area contributed by atoms with Gasteiger partial charge in [-0.2, -0.15) is 0 Å². The first-order valence-electron chi connectivity index (χ1n) is 14.6. The molecule has 0 bridgehead atoms. The zero-order chi connectivity index (χ0) is 29.1. The van der Waals surface area contributed by atoms with Gasteiger partial charge in [0.2, 0.25) is 0 Å². The van der Waals surface area contributed by atoms with Crippen LogP contribution in [0.4, 0.5) is 17.1 Å². The number of allylic oxidation sites excluding steroid dienone is 4. The molecule has 0 saturated carbocycles. The molecule has 0 spiro atoms. The van der Waals surface area contributed by atoms with Crippen molar-refractivity contribution in [3.8, 4) is 0 Å². The van der Waals surface area contributed by atoms with Crippen LogP contribution in [0.1, 0.15) is 22.3 Å². The summed E-state index contributed by atoms with van der Waals surface area (Å²) in [5.41, 5.74) is 8.05. The summed E-state index contributed by atoms with van der Waals surface area (Å²) < 4.78 is 0. The molecule has 0 aromatic heterocycles. The standard InChI is InChI=1S/C42H33N/c1-3-13-34(14-4-1)17-7-9-19-36-23-28-40(29-24-36)43(42-32-27-38-21-11-12-22-39(38)33-42)41-30-25-37(26-31-41)20-10-8-18-35-15-5-2-6-16-35/h1-33H. The van der Waals surface area contributed by atoms with Crippen LogP contribution in [0.3, 0.4) is 0 Å². The number of nitrogens with zero attached hydrogens (tertiary/aromatic N) is 1. The summed E-state index contributed by atoms with van der Waals surface area (Å²) in [5.74, 6) is 0. The van der Waals surface area contributed by atoms with Gasteiger partial charge in [0.05, 0.1) is 0 Å². The van der Waals surface area contributed by atoms with Crippen LogP contribution < -0.4 is 4.90 Å². The molecule has 0 unspecified atom stereocenters. The maximum absolute atomic E-state index is 2.32. The fourth-order valence-corrected chi connectivity index (χ4v) is 5.03. The maximum atomic E-state index is 2.32. The third-order valence-electron chi connectivity index (χ3n) is 7.27. The molecule has 0 aliphatic heterocycles. The number of hydrogen-bond acceptors (Lipinski definition) is 1. The van der Waals surface area contributed by atoms with Crippen molar-refractivity contribution >= 4 is 52.1 Å². The van der Waals surface area contributed by atoms with E-state index in [1.165, 1.54) is 21.9 Å². The Balaban J connectivity index is 1.25. The third kappa shape index (κ3) is 7.35. The van der Waals surface area contributed by atoms with Crippen molar-refractivity contribution in [3.63, 3.8) is 0 Å². The van der Waals surface area contributed by atoms with Gasteiger partial charge in [-0.05, 0) is 69.4 Å². The summed E-state index contributed by atoms with van der Waals surface area (Å²) in [6, 6.07) is 53.3. The summed E-state index contributed by atoms with van der Waals surface area (Å²) in [5, 5.41) is 2.46. The lowest BCUT2D eigenvalue weighted by Gasteiger charge is -2.26. The molecule has 206 valence electrons. The first-order chi connectivity index (χ1) is 21.3. The van der Waals surface area contributed by atoms with Gasteiger partial charge in [-0.15, -0.1) is 0 Å². The van der Waals surface area contributed by atoms with Gasteiger partial charge in [0.15, 0.2) is 0 Å². The smallest absolute Gasteiger partial charge is 0.0468 e. The highest BCUT2D eigenvalue weighted by Gasteiger charge is 2.13. The van der Waals surface area contributed by atoms with Crippen LogP contribution in [0.5, 0.6) is 0 Å². The Morgan fingerprint density at radius 3 is 1.14 bits per heavy atom. The van der Waals surface area contributed by atoms with Crippen LogP contribution in [0.2, 0.25) is 0 Å².